The van der Waals surface area contributed by atoms with Gasteiger partial charge in [-0.05, 0) is 37.8 Å². The molecule has 0 saturated heterocycles. The normalized spacial score (nSPS) is 20.5. The number of hydrogen-bond donors (Lipinski definition) is 3. The summed E-state index contributed by atoms with van der Waals surface area (Å²) >= 11 is 0. The highest BCUT2D eigenvalue weighted by atomic mass is 16.5. The van der Waals surface area contributed by atoms with Crippen LogP contribution < -0.4 is 21.1 Å². The second-order valence-electron chi connectivity index (χ2n) is 7.77. The zero-order chi connectivity index (χ0) is 18.5. The summed E-state index contributed by atoms with van der Waals surface area (Å²) in [5.41, 5.74) is 4.72. The molecular formula is C20H29N3O3. The van der Waals surface area contributed by atoms with Crippen LogP contribution in [-0.2, 0) is 4.79 Å². The molecule has 0 bridgehead atoms. The standard InChI is InChI=1S/C20H29N3O3/c21-17(24)20(10-6-1-2-7-11-20)23-18(25)22-14-19(12-13-19)15-26-16-8-4-3-5-9-16/h3-5,8-9H,1-2,6-7,10-15H2,(H2,21,24)(H2,22,23,25). The molecular weight excluding hydrogens is 330 g/mol. The van der Waals surface area contributed by atoms with Crippen molar-refractivity contribution in [1.82, 2.24) is 10.6 Å². The van der Waals surface area contributed by atoms with Gasteiger partial charge in [0.1, 0.15) is 11.3 Å². The van der Waals surface area contributed by atoms with Gasteiger partial charge in [-0.3, -0.25) is 4.79 Å². The van der Waals surface area contributed by atoms with Crippen LogP contribution >= 0.6 is 0 Å². The molecule has 2 aliphatic carbocycles. The van der Waals surface area contributed by atoms with Crippen LogP contribution in [0.3, 0.4) is 0 Å². The maximum Gasteiger partial charge on any atom is 0.315 e. The average molecular weight is 359 g/mol. The number of amides is 3. The highest BCUT2D eigenvalue weighted by Gasteiger charge is 2.44. The zero-order valence-electron chi connectivity index (χ0n) is 15.3. The van der Waals surface area contributed by atoms with Crippen molar-refractivity contribution in [2.75, 3.05) is 13.2 Å². The predicted molar refractivity (Wildman–Crippen MR) is 99.8 cm³/mol. The molecule has 6 nitrogen and oxygen atoms in total. The Balaban J connectivity index is 1.49. The molecule has 1 aromatic rings. The number of ether oxygens (including phenoxy) is 1. The second-order valence-corrected chi connectivity index (χ2v) is 7.77. The minimum atomic E-state index is -0.905. The largest absolute Gasteiger partial charge is 0.493 e. The monoisotopic (exact) mass is 359 g/mol. The molecule has 0 unspecified atom stereocenters. The fourth-order valence-electron chi connectivity index (χ4n) is 3.60. The fraction of sp³-hybridized carbons (Fsp3) is 0.600. The first kappa shape index (κ1) is 18.5. The SMILES string of the molecule is NC(=O)C1(NC(=O)NCC2(COc3ccccc3)CC2)CCCCCC1. The summed E-state index contributed by atoms with van der Waals surface area (Å²) in [4.78, 5) is 24.4. The maximum absolute atomic E-state index is 12.4. The first-order valence-corrected chi connectivity index (χ1v) is 9.58. The molecule has 2 fully saturated rings. The van der Waals surface area contributed by atoms with Gasteiger partial charge in [0.25, 0.3) is 0 Å². The predicted octanol–water partition coefficient (Wildman–Crippen LogP) is 2.72. The van der Waals surface area contributed by atoms with Crippen molar-refractivity contribution < 1.29 is 14.3 Å². The van der Waals surface area contributed by atoms with Crippen molar-refractivity contribution in [2.24, 2.45) is 11.1 Å². The Morgan fingerprint density at radius 3 is 2.23 bits per heavy atom. The van der Waals surface area contributed by atoms with Gasteiger partial charge in [-0.1, -0.05) is 43.9 Å². The molecule has 3 rings (SSSR count). The third kappa shape index (κ3) is 4.68. The third-order valence-corrected chi connectivity index (χ3v) is 5.65. The smallest absolute Gasteiger partial charge is 0.315 e. The van der Waals surface area contributed by atoms with Crippen molar-refractivity contribution in [1.29, 1.82) is 0 Å². The lowest BCUT2D eigenvalue weighted by Gasteiger charge is -2.31. The molecule has 26 heavy (non-hydrogen) atoms. The van der Waals surface area contributed by atoms with E-state index in [1.54, 1.807) is 0 Å². The van der Waals surface area contributed by atoms with Crippen LogP contribution in [0.15, 0.2) is 30.3 Å². The van der Waals surface area contributed by atoms with Gasteiger partial charge < -0.3 is 21.1 Å². The van der Waals surface area contributed by atoms with E-state index >= 15 is 0 Å². The Bertz CT molecular complexity index is 620. The summed E-state index contributed by atoms with van der Waals surface area (Å²) < 4.78 is 5.84. The fourth-order valence-corrected chi connectivity index (χ4v) is 3.60. The number of carbonyl (C=O) groups excluding carboxylic acids is 2. The highest BCUT2D eigenvalue weighted by Crippen LogP contribution is 2.45. The van der Waals surface area contributed by atoms with Gasteiger partial charge in [0.05, 0.1) is 6.61 Å². The number of hydrogen-bond acceptors (Lipinski definition) is 3. The molecule has 0 radical (unpaired) electrons. The van der Waals surface area contributed by atoms with Crippen LogP contribution in [0.25, 0.3) is 0 Å². The lowest BCUT2D eigenvalue weighted by molar-refractivity contribution is -0.124. The summed E-state index contributed by atoms with van der Waals surface area (Å²) in [5, 5.41) is 5.81. The molecule has 0 spiro atoms. The number of rotatable bonds is 7. The van der Waals surface area contributed by atoms with Crippen LogP contribution in [0, 0.1) is 5.41 Å². The quantitative estimate of drug-likeness (QED) is 0.654. The van der Waals surface area contributed by atoms with Gasteiger partial charge in [0.15, 0.2) is 0 Å². The first-order chi connectivity index (χ1) is 12.5. The molecule has 0 aliphatic heterocycles. The van der Waals surface area contributed by atoms with E-state index in [-0.39, 0.29) is 11.4 Å². The lowest BCUT2D eigenvalue weighted by Crippen LogP contribution is -2.59. The zero-order valence-corrected chi connectivity index (χ0v) is 15.3. The molecule has 2 saturated carbocycles. The summed E-state index contributed by atoms with van der Waals surface area (Å²) in [6, 6.07) is 9.38. The number of urea groups is 1. The summed E-state index contributed by atoms with van der Waals surface area (Å²) in [5.74, 6) is 0.414. The summed E-state index contributed by atoms with van der Waals surface area (Å²) in [6.07, 6.45) is 7.30. The topological polar surface area (TPSA) is 93.5 Å². The van der Waals surface area contributed by atoms with Crippen LogP contribution in [0.2, 0.25) is 0 Å². The van der Waals surface area contributed by atoms with Gasteiger partial charge in [-0.15, -0.1) is 0 Å². The lowest BCUT2D eigenvalue weighted by atomic mass is 9.89. The van der Waals surface area contributed by atoms with E-state index < -0.39 is 11.4 Å². The molecule has 4 N–H and O–H groups in total. The van der Waals surface area contributed by atoms with Crippen LogP contribution in [0.5, 0.6) is 5.75 Å². The van der Waals surface area contributed by atoms with Crippen molar-refractivity contribution in [2.45, 2.75) is 56.9 Å². The van der Waals surface area contributed by atoms with E-state index in [0.29, 0.717) is 26.0 Å². The van der Waals surface area contributed by atoms with Gasteiger partial charge >= 0.3 is 6.03 Å². The van der Waals surface area contributed by atoms with E-state index in [0.717, 1.165) is 44.3 Å². The van der Waals surface area contributed by atoms with Gasteiger partial charge in [-0.25, -0.2) is 4.79 Å². The van der Waals surface area contributed by atoms with Crippen molar-refractivity contribution >= 4 is 11.9 Å². The second kappa shape index (κ2) is 7.98. The highest BCUT2D eigenvalue weighted by molar-refractivity contribution is 5.90. The molecule has 1 aromatic carbocycles. The van der Waals surface area contributed by atoms with Crippen LogP contribution in [0.4, 0.5) is 4.79 Å². The number of benzene rings is 1. The molecule has 6 heteroatoms. The van der Waals surface area contributed by atoms with E-state index in [9.17, 15) is 9.59 Å². The Morgan fingerprint density at radius 1 is 1.00 bits per heavy atom. The maximum atomic E-state index is 12.4. The van der Waals surface area contributed by atoms with Crippen molar-refractivity contribution in [3.63, 3.8) is 0 Å². The van der Waals surface area contributed by atoms with Crippen molar-refractivity contribution in [3.8, 4) is 5.75 Å². The Labute approximate surface area is 154 Å². The molecule has 3 amide bonds. The Kier molecular flexibility index (Phi) is 5.69. The number of para-hydroxylation sites is 1. The number of primary amides is 1. The number of nitrogens with one attached hydrogen (secondary N) is 2. The van der Waals surface area contributed by atoms with Crippen LogP contribution in [-0.4, -0.2) is 30.6 Å². The molecule has 0 aromatic heterocycles. The molecule has 0 heterocycles. The number of nitrogens with two attached hydrogens (primary N) is 1. The van der Waals surface area contributed by atoms with E-state index in [1.807, 2.05) is 30.3 Å². The minimum Gasteiger partial charge on any atom is -0.493 e. The molecule has 2 aliphatic rings. The van der Waals surface area contributed by atoms with Gasteiger partial charge in [0, 0.05) is 12.0 Å². The summed E-state index contributed by atoms with van der Waals surface area (Å²) in [6.45, 7) is 1.12. The van der Waals surface area contributed by atoms with E-state index in [4.69, 9.17) is 10.5 Å². The Morgan fingerprint density at radius 2 is 1.65 bits per heavy atom. The minimum absolute atomic E-state index is 0.00345. The summed E-state index contributed by atoms with van der Waals surface area (Å²) in [7, 11) is 0. The van der Waals surface area contributed by atoms with E-state index in [1.165, 1.54) is 0 Å². The first-order valence-electron chi connectivity index (χ1n) is 9.58. The van der Waals surface area contributed by atoms with Crippen molar-refractivity contribution in [3.05, 3.63) is 30.3 Å². The van der Waals surface area contributed by atoms with Gasteiger partial charge in [0.2, 0.25) is 5.91 Å². The average Bonchev–Trinajstić information content (AvgIpc) is 3.44. The van der Waals surface area contributed by atoms with Gasteiger partial charge in [-0.2, -0.15) is 0 Å². The number of carbonyl (C=O) groups is 2. The molecule has 142 valence electrons. The van der Waals surface area contributed by atoms with Crippen LogP contribution in [0.1, 0.15) is 51.4 Å². The molecule has 0 atom stereocenters. The third-order valence-electron chi connectivity index (χ3n) is 5.65. The Hall–Kier alpha value is -2.24. The van der Waals surface area contributed by atoms with E-state index in [2.05, 4.69) is 10.6 Å².